The van der Waals surface area contributed by atoms with Gasteiger partial charge in [-0.25, -0.2) is 9.13 Å². The van der Waals surface area contributed by atoms with Gasteiger partial charge in [0.15, 0.2) is 12.2 Å². The highest BCUT2D eigenvalue weighted by molar-refractivity contribution is 7.47. The van der Waals surface area contributed by atoms with Gasteiger partial charge in [0.05, 0.1) is 26.4 Å². The van der Waals surface area contributed by atoms with E-state index in [4.69, 9.17) is 37.0 Å². The zero-order chi connectivity index (χ0) is 68.9. The number of carbonyl (C=O) groups is 4. The normalized spacial score (nSPS) is 14.8. The van der Waals surface area contributed by atoms with E-state index >= 15 is 0 Å². The van der Waals surface area contributed by atoms with Gasteiger partial charge < -0.3 is 33.8 Å². The van der Waals surface area contributed by atoms with E-state index in [1.54, 1.807) is 0 Å². The van der Waals surface area contributed by atoms with Gasteiger partial charge in [-0.1, -0.05) is 319 Å². The van der Waals surface area contributed by atoms with Crippen LogP contribution in [-0.2, 0) is 65.4 Å². The van der Waals surface area contributed by atoms with Crippen LogP contribution in [0.5, 0.6) is 0 Å². The second kappa shape index (κ2) is 63.5. The van der Waals surface area contributed by atoms with Crippen molar-refractivity contribution in [3.63, 3.8) is 0 Å². The fraction of sp³-hybridized carbons (Fsp3) is 0.946. The molecule has 0 aromatic rings. The van der Waals surface area contributed by atoms with Crippen LogP contribution in [0.1, 0.15) is 370 Å². The molecule has 0 aromatic heterocycles. The topological polar surface area (TPSA) is 237 Å². The van der Waals surface area contributed by atoms with Crippen LogP contribution in [-0.4, -0.2) is 96.7 Å². The Labute approximate surface area is 568 Å². The molecule has 0 aliphatic carbocycles. The van der Waals surface area contributed by atoms with Crippen molar-refractivity contribution in [2.45, 2.75) is 388 Å². The Balaban J connectivity index is 5.20. The van der Waals surface area contributed by atoms with Crippen LogP contribution in [0.15, 0.2) is 0 Å². The van der Waals surface area contributed by atoms with Crippen molar-refractivity contribution in [2.75, 3.05) is 39.6 Å². The van der Waals surface area contributed by atoms with E-state index in [-0.39, 0.29) is 25.7 Å². The highest BCUT2D eigenvalue weighted by atomic mass is 31.2. The Bertz CT molecular complexity index is 1840. The maximum absolute atomic E-state index is 13.0. The van der Waals surface area contributed by atoms with Crippen LogP contribution in [0, 0.1) is 23.7 Å². The zero-order valence-corrected chi connectivity index (χ0v) is 62.7. The summed E-state index contributed by atoms with van der Waals surface area (Å²) < 4.78 is 68.4. The van der Waals surface area contributed by atoms with E-state index in [1.165, 1.54) is 167 Å². The lowest BCUT2D eigenvalue weighted by Crippen LogP contribution is -2.30. The van der Waals surface area contributed by atoms with Gasteiger partial charge in [0.2, 0.25) is 0 Å². The lowest BCUT2D eigenvalue weighted by molar-refractivity contribution is -0.161. The quantitative estimate of drug-likeness (QED) is 0.0222. The third-order valence-corrected chi connectivity index (χ3v) is 19.7. The number of hydrogen-bond acceptors (Lipinski definition) is 15. The van der Waals surface area contributed by atoms with E-state index < -0.39 is 97.5 Å². The SMILES string of the molecule is CCC(C)CCCCCCCCC(=O)OC[C@H](COP(=O)(O)OC[C@H](O)COP(=O)(O)OC[C@@H](COC(=O)CCCCCCCCCCCCCCCCCC(C)C)OC(=O)CCCCCCCCC(C)CC)OC(=O)CCCCCCCCCCCCCCC(C)C. The molecule has 93 heavy (non-hydrogen) atoms. The van der Waals surface area contributed by atoms with Crippen molar-refractivity contribution < 1.29 is 80.2 Å². The van der Waals surface area contributed by atoms with Gasteiger partial charge in [0, 0.05) is 25.7 Å². The molecule has 0 fully saturated rings. The van der Waals surface area contributed by atoms with Crippen LogP contribution in [0.4, 0.5) is 0 Å². The number of carbonyl (C=O) groups excluding carboxylic acids is 4. The van der Waals surface area contributed by atoms with Crippen LogP contribution in [0.3, 0.4) is 0 Å². The first kappa shape index (κ1) is 91.1. The number of aliphatic hydroxyl groups is 1. The Morgan fingerprint density at radius 3 is 0.763 bits per heavy atom. The second-order valence-electron chi connectivity index (χ2n) is 28.1. The first-order valence-corrected chi connectivity index (χ1v) is 41.3. The molecule has 4 unspecified atom stereocenters. The molecule has 0 rings (SSSR count). The highest BCUT2D eigenvalue weighted by Gasteiger charge is 2.30. The average Bonchev–Trinajstić information content (AvgIpc) is 2.98. The summed E-state index contributed by atoms with van der Waals surface area (Å²) in [5.41, 5.74) is 0. The van der Waals surface area contributed by atoms with Crippen molar-refractivity contribution in [1.29, 1.82) is 0 Å². The summed E-state index contributed by atoms with van der Waals surface area (Å²) in [6, 6.07) is 0. The van der Waals surface area contributed by atoms with Crippen molar-refractivity contribution in [1.82, 2.24) is 0 Å². The maximum atomic E-state index is 13.0. The molecule has 0 radical (unpaired) electrons. The van der Waals surface area contributed by atoms with Gasteiger partial charge in [-0.3, -0.25) is 37.3 Å². The maximum Gasteiger partial charge on any atom is 0.472 e. The van der Waals surface area contributed by atoms with Gasteiger partial charge >= 0.3 is 39.5 Å². The molecule has 0 spiro atoms. The lowest BCUT2D eigenvalue weighted by Gasteiger charge is -2.21. The molecular formula is C74H144O17P2. The third kappa shape index (κ3) is 65.8. The molecule has 0 bridgehead atoms. The zero-order valence-electron chi connectivity index (χ0n) is 60.9. The summed E-state index contributed by atoms with van der Waals surface area (Å²) in [5, 5.41) is 10.6. The van der Waals surface area contributed by atoms with E-state index in [1.807, 2.05) is 0 Å². The minimum Gasteiger partial charge on any atom is -0.462 e. The first-order valence-electron chi connectivity index (χ1n) is 38.3. The first-order chi connectivity index (χ1) is 44.7. The van der Waals surface area contributed by atoms with Crippen LogP contribution in [0.2, 0.25) is 0 Å². The third-order valence-electron chi connectivity index (χ3n) is 17.8. The molecule has 0 saturated heterocycles. The summed E-state index contributed by atoms with van der Waals surface area (Å²) in [5.74, 6) is 0.907. The van der Waals surface area contributed by atoms with Crippen molar-refractivity contribution in [3.05, 3.63) is 0 Å². The van der Waals surface area contributed by atoms with E-state index in [2.05, 4.69) is 55.4 Å². The number of aliphatic hydroxyl groups excluding tert-OH is 1. The van der Waals surface area contributed by atoms with E-state index in [0.29, 0.717) is 25.7 Å². The summed E-state index contributed by atoms with van der Waals surface area (Å²) in [7, 11) is -9.91. The number of phosphoric acid groups is 2. The molecule has 17 nitrogen and oxygen atoms in total. The average molecular weight is 1370 g/mol. The lowest BCUT2D eigenvalue weighted by atomic mass is 10.00. The van der Waals surface area contributed by atoms with Gasteiger partial charge in [-0.05, 0) is 49.4 Å². The van der Waals surface area contributed by atoms with Gasteiger partial charge in [-0.15, -0.1) is 0 Å². The Morgan fingerprint density at radius 1 is 0.301 bits per heavy atom. The smallest absolute Gasteiger partial charge is 0.462 e. The fourth-order valence-electron chi connectivity index (χ4n) is 11.1. The Kier molecular flexibility index (Phi) is 62.2. The standard InChI is InChI=1S/C74H144O17P2/c1-9-66(7)52-44-36-30-32-39-47-55-72(77)85-61-69(90-73(78)56-48-40-29-25-21-17-16-19-23-27-35-43-51-65(5)6)62-88-92(80,81)86-58-68(75)59-87-93(82,83)89-63-70(91-74(79)57-49-41-33-31-37-45-53-67(8)10-2)60-84-71(76)54-46-38-28-24-20-15-13-11-12-14-18-22-26-34-42-50-64(3)4/h64-70,75H,9-63H2,1-8H3,(H,80,81)(H,82,83)/t66?,67?,68-,69+,70+/m0/s1. The van der Waals surface area contributed by atoms with Gasteiger partial charge in [0.1, 0.15) is 19.3 Å². The molecule has 0 aliphatic rings. The van der Waals surface area contributed by atoms with E-state index in [9.17, 15) is 43.2 Å². The second-order valence-corrected chi connectivity index (χ2v) is 31.0. The molecule has 19 heteroatoms. The summed E-state index contributed by atoms with van der Waals surface area (Å²) in [6.45, 7) is 14.1. The number of phosphoric ester groups is 2. The molecule has 7 atom stereocenters. The van der Waals surface area contributed by atoms with Crippen LogP contribution < -0.4 is 0 Å². The molecule has 0 aromatic carbocycles. The largest absolute Gasteiger partial charge is 0.472 e. The van der Waals surface area contributed by atoms with Gasteiger partial charge in [0.25, 0.3) is 0 Å². The number of ether oxygens (including phenoxy) is 4. The Hall–Kier alpha value is -1.94. The fourth-order valence-corrected chi connectivity index (χ4v) is 12.7. The van der Waals surface area contributed by atoms with E-state index in [0.717, 1.165) is 120 Å². The molecule has 0 amide bonds. The minimum absolute atomic E-state index is 0.103. The van der Waals surface area contributed by atoms with Crippen molar-refractivity contribution in [3.8, 4) is 0 Å². The van der Waals surface area contributed by atoms with Gasteiger partial charge in [-0.2, -0.15) is 0 Å². The number of hydrogen-bond donors (Lipinski definition) is 3. The highest BCUT2D eigenvalue weighted by Crippen LogP contribution is 2.45. The molecule has 3 N–H and O–H groups in total. The summed E-state index contributed by atoms with van der Waals surface area (Å²) in [6.07, 6.45) is 47.3. The van der Waals surface area contributed by atoms with Crippen molar-refractivity contribution in [2.24, 2.45) is 23.7 Å². The number of esters is 4. The van der Waals surface area contributed by atoms with Crippen LogP contribution >= 0.6 is 15.6 Å². The van der Waals surface area contributed by atoms with Crippen LogP contribution in [0.25, 0.3) is 0 Å². The number of unbranched alkanes of at least 4 members (excludes halogenated alkanes) is 35. The molecule has 552 valence electrons. The molecular weight excluding hydrogens is 1220 g/mol. The van der Waals surface area contributed by atoms with Crippen molar-refractivity contribution >= 4 is 39.5 Å². The number of rotatable bonds is 71. The monoisotopic (exact) mass is 1370 g/mol. The summed E-state index contributed by atoms with van der Waals surface area (Å²) >= 11 is 0. The molecule has 0 aliphatic heterocycles. The summed E-state index contributed by atoms with van der Waals surface area (Å²) in [4.78, 5) is 72.7. The Morgan fingerprint density at radius 2 is 0.516 bits per heavy atom. The molecule has 0 heterocycles. The molecule has 0 saturated carbocycles. The minimum atomic E-state index is -4.95. The predicted octanol–water partition coefficient (Wildman–Crippen LogP) is 21.3. The predicted molar refractivity (Wildman–Crippen MR) is 377 cm³/mol.